The fourth-order valence-electron chi connectivity index (χ4n) is 1.96. The molecule has 1 heterocycles. The number of piperazine rings is 1. The smallest absolute Gasteiger partial charge is 0.337 e. The summed E-state index contributed by atoms with van der Waals surface area (Å²) >= 11 is 0. The van der Waals surface area contributed by atoms with Gasteiger partial charge in [0.2, 0.25) is 5.91 Å². The van der Waals surface area contributed by atoms with Gasteiger partial charge in [-0.15, -0.1) is 0 Å². The number of benzene rings is 1. The Hall–Kier alpha value is -2.24. The highest BCUT2D eigenvalue weighted by molar-refractivity contribution is 5.96. The number of nitrogens with two attached hydrogens (primary N) is 1. The minimum absolute atomic E-state index is 0.0191. The number of carboxylic acid groups (broad SMARTS) is 1. The van der Waals surface area contributed by atoms with Gasteiger partial charge in [-0.3, -0.25) is 4.79 Å². The Balaban J connectivity index is 2.33. The first kappa shape index (κ1) is 12.2. The van der Waals surface area contributed by atoms with Crippen molar-refractivity contribution in [3.63, 3.8) is 0 Å². The van der Waals surface area contributed by atoms with Crippen LogP contribution in [0.25, 0.3) is 0 Å². The molecule has 1 amide bonds. The normalized spacial score (nSPS) is 15.9. The van der Waals surface area contributed by atoms with E-state index in [0.717, 1.165) is 0 Å². The van der Waals surface area contributed by atoms with Crippen LogP contribution in [0.4, 0.5) is 11.4 Å². The number of rotatable bonds is 2. The van der Waals surface area contributed by atoms with Gasteiger partial charge in [0.25, 0.3) is 0 Å². The maximum Gasteiger partial charge on any atom is 0.337 e. The molecule has 1 aliphatic rings. The molecular formula is C12H15N3O3. The van der Waals surface area contributed by atoms with Crippen molar-refractivity contribution < 1.29 is 14.7 Å². The molecule has 0 spiro atoms. The number of anilines is 2. The minimum atomic E-state index is -1.04. The van der Waals surface area contributed by atoms with E-state index in [1.165, 1.54) is 6.07 Å². The van der Waals surface area contributed by atoms with Gasteiger partial charge >= 0.3 is 5.97 Å². The lowest BCUT2D eigenvalue weighted by Gasteiger charge is -2.34. The summed E-state index contributed by atoms with van der Waals surface area (Å²) < 4.78 is 0. The minimum Gasteiger partial charge on any atom is -0.478 e. The number of nitrogen functional groups attached to an aromatic ring is 1. The van der Waals surface area contributed by atoms with E-state index in [4.69, 9.17) is 10.8 Å². The highest BCUT2D eigenvalue weighted by atomic mass is 16.4. The number of hydrogen-bond acceptors (Lipinski definition) is 4. The Morgan fingerprint density at radius 1 is 1.39 bits per heavy atom. The van der Waals surface area contributed by atoms with Gasteiger partial charge in [0.05, 0.1) is 17.8 Å². The van der Waals surface area contributed by atoms with Gasteiger partial charge in [0.1, 0.15) is 0 Å². The molecule has 0 aromatic heterocycles. The van der Waals surface area contributed by atoms with Gasteiger partial charge in [-0.05, 0) is 18.2 Å². The first-order valence-electron chi connectivity index (χ1n) is 5.61. The molecule has 18 heavy (non-hydrogen) atoms. The molecule has 1 aliphatic heterocycles. The van der Waals surface area contributed by atoms with Crippen LogP contribution >= 0.6 is 0 Å². The van der Waals surface area contributed by atoms with Crippen LogP contribution in [0.2, 0.25) is 0 Å². The van der Waals surface area contributed by atoms with Crippen LogP contribution in [0.15, 0.2) is 18.2 Å². The summed E-state index contributed by atoms with van der Waals surface area (Å²) in [7, 11) is 1.74. The Kier molecular flexibility index (Phi) is 3.10. The molecule has 1 aromatic carbocycles. The van der Waals surface area contributed by atoms with Crippen molar-refractivity contribution in [2.45, 2.75) is 0 Å². The Morgan fingerprint density at radius 3 is 2.72 bits per heavy atom. The SMILES string of the molecule is CN1CCN(c2ccc(N)cc2C(=O)O)CC1=O. The van der Waals surface area contributed by atoms with Gasteiger partial charge in [-0.2, -0.15) is 0 Å². The number of hydrogen-bond donors (Lipinski definition) is 2. The van der Waals surface area contributed by atoms with Gasteiger partial charge in [0, 0.05) is 25.8 Å². The van der Waals surface area contributed by atoms with Crippen LogP contribution in [0.1, 0.15) is 10.4 Å². The van der Waals surface area contributed by atoms with Gasteiger partial charge in [-0.1, -0.05) is 0 Å². The lowest BCUT2D eigenvalue weighted by Crippen LogP contribution is -2.49. The molecule has 6 nitrogen and oxygen atoms in total. The summed E-state index contributed by atoms with van der Waals surface area (Å²) in [6, 6.07) is 4.71. The fourth-order valence-corrected chi connectivity index (χ4v) is 1.96. The van der Waals surface area contributed by atoms with Crippen LogP contribution in [-0.4, -0.2) is 48.6 Å². The number of aromatic carboxylic acids is 1. The third-order valence-electron chi connectivity index (χ3n) is 3.05. The summed E-state index contributed by atoms with van der Waals surface area (Å²) in [5, 5.41) is 9.16. The number of carboxylic acids is 1. The molecule has 1 fully saturated rings. The van der Waals surface area contributed by atoms with E-state index < -0.39 is 5.97 Å². The van der Waals surface area contributed by atoms with Crippen LogP contribution in [0.5, 0.6) is 0 Å². The predicted octanol–water partition coefficient (Wildman–Crippen LogP) is 0.245. The zero-order valence-electron chi connectivity index (χ0n) is 10.1. The van der Waals surface area contributed by atoms with Crippen molar-refractivity contribution in [3.05, 3.63) is 23.8 Å². The molecule has 0 bridgehead atoms. The van der Waals surface area contributed by atoms with Crippen molar-refractivity contribution in [3.8, 4) is 0 Å². The van der Waals surface area contributed by atoms with Gasteiger partial charge in [-0.25, -0.2) is 4.79 Å². The highest BCUT2D eigenvalue weighted by Crippen LogP contribution is 2.24. The standard InChI is InChI=1S/C12H15N3O3/c1-14-4-5-15(7-11(14)16)10-3-2-8(13)6-9(10)12(17)18/h2-3,6H,4-5,7,13H2,1H3,(H,17,18). The molecule has 0 unspecified atom stereocenters. The highest BCUT2D eigenvalue weighted by Gasteiger charge is 2.24. The van der Waals surface area contributed by atoms with E-state index in [1.54, 1.807) is 29.0 Å². The van der Waals surface area contributed by atoms with Crippen LogP contribution < -0.4 is 10.6 Å². The maximum absolute atomic E-state index is 11.6. The van der Waals surface area contributed by atoms with Gasteiger partial charge < -0.3 is 20.6 Å². The van der Waals surface area contributed by atoms with E-state index in [9.17, 15) is 9.59 Å². The zero-order chi connectivity index (χ0) is 13.3. The average molecular weight is 249 g/mol. The third-order valence-corrected chi connectivity index (χ3v) is 3.05. The molecule has 1 saturated heterocycles. The second-order valence-corrected chi connectivity index (χ2v) is 4.32. The van der Waals surface area contributed by atoms with Crippen molar-refractivity contribution in [1.82, 2.24) is 4.90 Å². The molecule has 3 N–H and O–H groups in total. The van der Waals surface area contributed by atoms with E-state index >= 15 is 0 Å². The monoisotopic (exact) mass is 249 g/mol. The summed E-state index contributed by atoms with van der Waals surface area (Å²) in [6.45, 7) is 1.40. The third kappa shape index (κ3) is 2.22. The van der Waals surface area contributed by atoms with Crippen molar-refractivity contribution in [1.29, 1.82) is 0 Å². The first-order chi connectivity index (χ1) is 8.49. The number of nitrogens with zero attached hydrogens (tertiary/aromatic N) is 2. The molecule has 0 aliphatic carbocycles. The van der Waals surface area contributed by atoms with Crippen molar-refractivity contribution >= 4 is 23.3 Å². The number of likely N-dealkylation sites (N-methyl/N-ethyl adjacent to an activating group) is 1. The van der Waals surface area contributed by atoms with Crippen molar-refractivity contribution in [2.24, 2.45) is 0 Å². The Labute approximate surface area is 105 Å². The Bertz CT molecular complexity index is 501. The number of carbonyl (C=O) groups excluding carboxylic acids is 1. The Morgan fingerprint density at radius 2 is 2.11 bits per heavy atom. The lowest BCUT2D eigenvalue weighted by molar-refractivity contribution is -0.129. The maximum atomic E-state index is 11.6. The predicted molar refractivity (Wildman–Crippen MR) is 67.7 cm³/mol. The molecule has 0 radical (unpaired) electrons. The molecule has 0 saturated carbocycles. The summed E-state index contributed by atoms with van der Waals surface area (Å²) in [6.07, 6.45) is 0. The van der Waals surface area contributed by atoms with Gasteiger partial charge in [0.15, 0.2) is 0 Å². The molecule has 1 aromatic rings. The summed E-state index contributed by atoms with van der Waals surface area (Å²) in [5.41, 5.74) is 6.66. The van der Waals surface area contributed by atoms with Crippen LogP contribution in [0.3, 0.4) is 0 Å². The first-order valence-corrected chi connectivity index (χ1v) is 5.61. The van der Waals surface area contributed by atoms with Crippen molar-refractivity contribution in [2.75, 3.05) is 37.3 Å². The lowest BCUT2D eigenvalue weighted by atomic mass is 10.1. The topological polar surface area (TPSA) is 86.9 Å². The number of carbonyl (C=O) groups is 2. The fraction of sp³-hybridized carbons (Fsp3) is 0.333. The summed E-state index contributed by atoms with van der Waals surface area (Å²) in [5.74, 6) is -1.06. The van der Waals surface area contributed by atoms with E-state index in [2.05, 4.69) is 0 Å². The van der Waals surface area contributed by atoms with E-state index in [1.807, 2.05) is 0 Å². The number of amides is 1. The average Bonchev–Trinajstić information content (AvgIpc) is 2.32. The molecule has 96 valence electrons. The van der Waals surface area contributed by atoms with Crippen LogP contribution in [-0.2, 0) is 4.79 Å². The second-order valence-electron chi connectivity index (χ2n) is 4.32. The quantitative estimate of drug-likeness (QED) is 0.733. The largest absolute Gasteiger partial charge is 0.478 e. The van der Waals surface area contributed by atoms with E-state index in [-0.39, 0.29) is 18.0 Å². The van der Waals surface area contributed by atoms with Crippen LogP contribution in [0, 0.1) is 0 Å². The van der Waals surface area contributed by atoms with E-state index in [0.29, 0.717) is 24.5 Å². The molecule has 2 rings (SSSR count). The zero-order valence-corrected chi connectivity index (χ0v) is 10.1. The molecular weight excluding hydrogens is 234 g/mol. The second kappa shape index (κ2) is 4.56. The summed E-state index contributed by atoms with van der Waals surface area (Å²) in [4.78, 5) is 26.2. The molecule has 6 heteroatoms. The molecule has 0 atom stereocenters.